The SMILES string of the molecule is CCNC(=NCCCCN1CCCC1)N1CCOC(C2CCCO2)C1.I. The maximum absolute atomic E-state index is 5.97. The molecule has 0 radical (unpaired) electrons. The summed E-state index contributed by atoms with van der Waals surface area (Å²) in [5.41, 5.74) is 0. The number of halogens is 1. The number of nitrogens with one attached hydrogen (secondary N) is 1. The van der Waals surface area contributed by atoms with Gasteiger partial charge in [0.1, 0.15) is 6.10 Å². The second kappa shape index (κ2) is 12.4. The van der Waals surface area contributed by atoms with Crippen molar-refractivity contribution >= 4 is 29.9 Å². The molecule has 0 aromatic carbocycles. The Balaban J connectivity index is 0.00000243. The zero-order valence-electron chi connectivity index (χ0n) is 16.3. The van der Waals surface area contributed by atoms with E-state index in [4.69, 9.17) is 14.5 Å². The molecule has 0 aliphatic carbocycles. The Bertz CT molecular complexity index is 412. The van der Waals surface area contributed by atoms with Gasteiger partial charge in [-0.05, 0) is 65.1 Å². The molecule has 3 aliphatic heterocycles. The van der Waals surface area contributed by atoms with Crippen LogP contribution in [0.5, 0.6) is 0 Å². The van der Waals surface area contributed by atoms with Gasteiger partial charge in [-0.1, -0.05) is 0 Å². The summed E-state index contributed by atoms with van der Waals surface area (Å²) in [5, 5.41) is 3.46. The van der Waals surface area contributed by atoms with Crippen molar-refractivity contribution in [1.29, 1.82) is 0 Å². The third-order valence-electron chi connectivity index (χ3n) is 5.45. The van der Waals surface area contributed by atoms with Crippen LogP contribution >= 0.6 is 24.0 Å². The second-order valence-corrected chi connectivity index (χ2v) is 7.40. The number of hydrogen-bond acceptors (Lipinski definition) is 4. The van der Waals surface area contributed by atoms with E-state index in [-0.39, 0.29) is 36.2 Å². The van der Waals surface area contributed by atoms with Crippen molar-refractivity contribution in [1.82, 2.24) is 15.1 Å². The molecule has 1 N–H and O–H groups in total. The van der Waals surface area contributed by atoms with Gasteiger partial charge in [-0.25, -0.2) is 0 Å². The topological polar surface area (TPSA) is 49.3 Å². The van der Waals surface area contributed by atoms with Crippen molar-refractivity contribution in [3.05, 3.63) is 0 Å². The van der Waals surface area contributed by atoms with Crippen LogP contribution < -0.4 is 5.32 Å². The molecule has 6 nitrogen and oxygen atoms in total. The van der Waals surface area contributed by atoms with Gasteiger partial charge in [0.2, 0.25) is 0 Å². The molecule has 3 saturated heterocycles. The minimum atomic E-state index is 0. The van der Waals surface area contributed by atoms with Crippen LogP contribution in [0.15, 0.2) is 4.99 Å². The van der Waals surface area contributed by atoms with Gasteiger partial charge in [0.25, 0.3) is 0 Å². The van der Waals surface area contributed by atoms with Crippen molar-refractivity contribution in [3.8, 4) is 0 Å². The first kappa shape index (κ1) is 22.2. The number of rotatable bonds is 7. The number of ether oxygens (including phenoxy) is 2. The smallest absolute Gasteiger partial charge is 0.194 e. The molecule has 0 aromatic rings. The summed E-state index contributed by atoms with van der Waals surface area (Å²) in [6, 6.07) is 0. The Morgan fingerprint density at radius 3 is 2.58 bits per heavy atom. The Morgan fingerprint density at radius 1 is 1.04 bits per heavy atom. The Morgan fingerprint density at radius 2 is 1.85 bits per heavy atom. The zero-order chi connectivity index (χ0) is 17.3. The lowest BCUT2D eigenvalue weighted by atomic mass is 10.1. The summed E-state index contributed by atoms with van der Waals surface area (Å²) in [6.45, 7) is 11.3. The first-order valence-corrected chi connectivity index (χ1v) is 10.4. The van der Waals surface area contributed by atoms with Crippen molar-refractivity contribution in [2.45, 2.75) is 57.7 Å². The standard InChI is InChI=1S/C19H36N4O2.HI/c1-2-20-19(21-9-3-4-10-22-11-5-6-12-22)23-13-15-25-18(16-23)17-8-7-14-24-17;/h17-18H,2-16H2,1H3,(H,20,21);1H. The normalized spacial score (nSPS) is 27.6. The largest absolute Gasteiger partial charge is 0.375 e. The van der Waals surface area contributed by atoms with Crippen molar-refractivity contribution < 1.29 is 9.47 Å². The highest BCUT2D eigenvalue weighted by Crippen LogP contribution is 2.21. The van der Waals surface area contributed by atoms with Crippen molar-refractivity contribution in [3.63, 3.8) is 0 Å². The number of aliphatic imine (C=N–C) groups is 1. The lowest BCUT2D eigenvalue weighted by molar-refractivity contribution is -0.0817. The zero-order valence-corrected chi connectivity index (χ0v) is 18.7. The first-order valence-electron chi connectivity index (χ1n) is 10.4. The monoisotopic (exact) mass is 480 g/mol. The Kier molecular flexibility index (Phi) is 10.5. The average molecular weight is 480 g/mol. The number of morpholine rings is 1. The van der Waals surface area contributed by atoms with E-state index in [1.165, 1.54) is 45.3 Å². The summed E-state index contributed by atoms with van der Waals surface area (Å²) in [6.07, 6.45) is 7.94. The molecule has 0 spiro atoms. The molecule has 0 bridgehead atoms. The highest BCUT2D eigenvalue weighted by atomic mass is 127. The second-order valence-electron chi connectivity index (χ2n) is 7.40. The van der Waals surface area contributed by atoms with Crippen LogP contribution in [0.4, 0.5) is 0 Å². The maximum Gasteiger partial charge on any atom is 0.194 e. The fourth-order valence-corrected chi connectivity index (χ4v) is 4.05. The predicted molar refractivity (Wildman–Crippen MR) is 117 cm³/mol. The molecule has 0 amide bonds. The maximum atomic E-state index is 5.97. The minimum Gasteiger partial charge on any atom is -0.375 e. The van der Waals surface area contributed by atoms with E-state index in [2.05, 4.69) is 22.0 Å². The number of nitrogens with zero attached hydrogens (tertiary/aromatic N) is 3. The summed E-state index contributed by atoms with van der Waals surface area (Å²) >= 11 is 0. The van der Waals surface area contributed by atoms with E-state index in [1.54, 1.807) is 0 Å². The molecule has 2 unspecified atom stereocenters. The van der Waals surface area contributed by atoms with E-state index in [0.29, 0.717) is 0 Å². The first-order chi connectivity index (χ1) is 12.4. The van der Waals surface area contributed by atoms with Gasteiger partial charge >= 0.3 is 0 Å². The summed E-state index contributed by atoms with van der Waals surface area (Å²) in [7, 11) is 0. The van der Waals surface area contributed by atoms with Gasteiger partial charge in [-0.15, -0.1) is 24.0 Å². The number of likely N-dealkylation sites (tertiary alicyclic amines) is 1. The molecule has 3 fully saturated rings. The van der Waals surface area contributed by atoms with Crippen LogP contribution in [0.1, 0.15) is 45.4 Å². The lowest BCUT2D eigenvalue weighted by Gasteiger charge is -2.37. The van der Waals surface area contributed by atoms with E-state index in [0.717, 1.165) is 58.2 Å². The molecule has 0 saturated carbocycles. The predicted octanol–water partition coefficient (Wildman–Crippen LogP) is 2.33. The average Bonchev–Trinajstić information content (AvgIpc) is 3.34. The summed E-state index contributed by atoms with van der Waals surface area (Å²) in [4.78, 5) is 9.83. The molecular formula is C19H37IN4O2. The van der Waals surface area contributed by atoms with Crippen molar-refractivity contribution in [2.24, 2.45) is 4.99 Å². The lowest BCUT2D eigenvalue weighted by Crippen LogP contribution is -2.53. The van der Waals surface area contributed by atoms with Gasteiger partial charge in [0, 0.05) is 32.8 Å². The quantitative estimate of drug-likeness (QED) is 0.263. The van der Waals surface area contributed by atoms with E-state index in [9.17, 15) is 0 Å². The van der Waals surface area contributed by atoms with E-state index < -0.39 is 0 Å². The highest BCUT2D eigenvalue weighted by molar-refractivity contribution is 14.0. The number of guanidine groups is 1. The van der Waals surface area contributed by atoms with E-state index in [1.807, 2.05) is 0 Å². The van der Waals surface area contributed by atoms with Crippen LogP contribution in [0.3, 0.4) is 0 Å². The van der Waals surface area contributed by atoms with Gasteiger partial charge in [-0.2, -0.15) is 0 Å². The van der Waals surface area contributed by atoms with Gasteiger partial charge in [-0.3, -0.25) is 4.99 Å². The van der Waals surface area contributed by atoms with E-state index >= 15 is 0 Å². The molecule has 3 aliphatic rings. The number of unbranched alkanes of at least 4 members (excludes halogenated alkanes) is 1. The molecular weight excluding hydrogens is 443 g/mol. The Labute approximate surface area is 176 Å². The van der Waals surface area contributed by atoms with Crippen molar-refractivity contribution in [2.75, 3.05) is 59.0 Å². The van der Waals surface area contributed by atoms with Gasteiger partial charge in [0.15, 0.2) is 5.96 Å². The molecule has 26 heavy (non-hydrogen) atoms. The molecule has 3 rings (SSSR count). The van der Waals surface area contributed by atoms with Crippen LogP contribution in [0.2, 0.25) is 0 Å². The fourth-order valence-electron chi connectivity index (χ4n) is 4.05. The Hall–Kier alpha value is -0.120. The van der Waals surface area contributed by atoms with Gasteiger partial charge < -0.3 is 24.6 Å². The summed E-state index contributed by atoms with van der Waals surface area (Å²) in [5.74, 6) is 1.05. The third-order valence-corrected chi connectivity index (χ3v) is 5.45. The molecule has 0 aromatic heterocycles. The third kappa shape index (κ3) is 6.80. The summed E-state index contributed by atoms with van der Waals surface area (Å²) < 4.78 is 11.8. The molecule has 2 atom stereocenters. The number of hydrogen-bond donors (Lipinski definition) is 1. The minimum absolute atomic E-state index is 0. The molecule has 152 valence electrons. The molecule has 3 heterocycles. The van der Waals surface area contributed by atoms with Crippen LogP contribution in [0.25, 0.3) is 0 Å². The van der Waals surface area contributed by atoms with Crippen LogP contribution in [-0.2, 0) is 9.47 Å². The van der Waals surface area contributed by atoms with Crippen LogP contribution in [0, 0.1) is 0 Å². The highest BCUT2D eigenvalue weighted by Gasteiger charge is 2.32. The van der Waals surface area contributed by atoms with Crippen LogP contribution in [-0.4, -0.2) is 87.0 Å². The fraction of sp³-hybridized carbons (Fsp3) is 0.947. The molecule has 7 heteroatoms. The van der Waals surface area contributed by atoms with Gasteiger partial charge in [0.05, 0.1) is 12.7 Å².